The number of aromatic nitrogens is 4. The molecular formula is C23H23N5O2S. The van der Waals surface area contributed by atoms with Gasteiger partial charge in [-0.3, -0.25) is 18.8 Å². The van der Waals surface area contributed by atoms with Crippen molar-refractivity contribution in [3.63, 3.8) is 0 Å². The smallest absolute Gasteiger partial charge is 0.280 e. The molecule has 0 saturated carbocycles. The van der Waals surface area contributed by atoms with Gasteiger partial charge in [-0.1, -0.05) is 54.2 Å². The lowest BCUT2D eigenvalue weighted by atomic mass is 10.1. The van der Waals surface area contributed by atoms with Crippen molar-refractivity contribution >= 4 is 34.4 Å². The van der Waals surface area contributed by atoms with E-state index in [-0.39, 0.29) is 17.2 Å². The zero-order valence-corrected chi connectivity index (χ0v) is 18.4. The van der Waals surface area contributed by atoms with Crippen LogP contribution in [0.5, 0.6) is 0 Å². The lowest BCUT2D eigenvalue weighted by Gasteiger charge is -2.13. The number of anilines is 1. The molecule has 8 heteroatoms. The molecule has 31 heavy (non-hydrogen) atoms. The number of rotatable bonds is 6. The second-order valence-electron chi connectivity index (χ2n) is 7.43. The summed E-state index contributed by atoms with van der Waals surface area (Å²) in [5, 5.41) is 7.61. The molecule has 2 heterocycles. The molecule has 0 saturated heterocycles. The molecular weight excluding hydrogens is 410 g/mol. The Hall–Kier alpha value is -3.39. The van der Waals surface area contributed by atoms with Crippen molar-refractivity contribution in [3.8, 4) is 0 Å². The number of thioether (sulfide) groups is 1. The number of hydrogen-bond acceptors (Lipinski definition) is 5. The summed E-state index contributed by atoms with van der Waals surface area (Å²) in [6.07, 6.45) is 1.57. The van der Waals surface area contributed by atoms with Crippen molar-refractivity contribution in [1.29, 1.82) is 0 Å². The molecule has 158 valence electrons. The van der Waals surface area contributed by atoms with Crippen LogP contribution in [0.2, 0.25) is 0 Å². The second kappa shape index (κ2) is 8.77. The third kappa shape index (κ3) is 4.54. The van der Waals surface area contributed by atoms with Crippen molar-refractivity contribution in [2.75, 3.05) is 11.1 Å². The molecule has 0 aliphatic carbocycles. The van der Waals surface area contributed by atoms with Gasteiger partial charge in [0.1, 0.15) is 5.52 Å². The molecule has 2 aromatic carbocycles. The molecule has 0 spiro atoms. The van der Waals surface area contributed by atoms with Crippen LogP contribution in [0.15, 0.2) is 64.7 Å². The topological polar surface area (TPSA) is 81.8 Å². The summed E-state index contributed by atoms with van der Waals surface area (Å²) in [5.41, 5.74) is 4.65. The van der Waals surface area contributed by atoms with Gasteiger partial charge >= 0.3 is 0 Å². The molecule has 7 nitrogen and oxygen atoms in total. The largest absolute Gasteiger partial charge is 0.325 e. The maximum Gasteiger partial charge on any atom is 0.280 e. The summed E-state index contributed by atoms with van der Waals surface area (Å²) in [6, 6.07) is 15.7. The predicted octanol–water partition coefficient (Wildman–Crippen LogP) is 3.53. The molecule has 0 unspecified atom stereocenters. The minimum atomic E-state index is -0.175. The maximum atomic E-state index is 13.2. The number of amides is 1. The number of nitrogens with zero attached hydrogens (tertiary/aromatic N) is 4. The molecule has 4 rings (SSSR count). The van der Waals surface area contributed by atoms with E-state index in [1.165, 1.54) is 16.4 Å². The Morgan fingerprint density at radius 2 is 1.90 bits per heavy atom. The van der Waals surface area contributed by atoms with E-state index in [0.717, 1.165) is 22.4 Å². The first kappa shape index (κ1) is 20.9. The van der Waals surface area contributed by atoms with Crippen LogP contribution in [0.3, 0.4) is 0 Å². The van der Waals surface area contributed by atoms with Crippen molar-refractivity contribution < 1.29 is 4.79 Å². The van der Waals surface area contributed by atoms with E-state index in [2.05, 4.69) is 15.4 Å². The number of carbonyl (C=O) groups excluding carboxylic acids is 1. The highest BCUT2D eigenvalue weighted by Crippen LogP contribution is 2.21. The standard InChI is InChI=1S/C23H23N5O2S/c1-15-9-10-16(2)18(11-15)25-20(29)14-31-23-26-19-12-24-27(3)21(19)22(30)28(23)13-17-7-5-4-6-8-17/h4-12H,13-14H2,1-3H3,(H,25,29). The van der Waals surface area contributed by atoms with Crippen LogP contribution >= 0.6 is 11.8 Å². The van der Waals surface area contributed by atoms with Crippen LogP contribution in [0.4, 0.5) is 5.69 Å². The van der Waals surface area contributed by atoms with Gasteiger partial charge in [0.15, 0.2) is 10.7 Å². The molecule has 0 atom stereocenters. The minimum absolute atomic E-state index is 0.139. The quantitative estimate of drug-likeness (QED) is 0.372. The molecule has 1 N–H and O–H groups in total. The zero-order valence-electron chi connectivity index (χ0n) is 17.6. The summed E-state index contributed by atoms with van der Waals surface area (Å²) in [4.78, 5) is 30.4. The summed E-state index contributed by atoms with van der Waals surface area (Å²) in [5.74, 6) is -0.00842. The molecule has 2 aromatic heterocycles. The Bertz CT molecular complexity index is 1310. The Morgan fingerprint density at radius 1 is 1.13 bits per heavy atom. The van der Waals surface area contributed by atoms with Gasteiger partial charge in [0.25, 0.3) is 5.56 Å². The lowest BCUT2D eigenvalue weighted by Crippen LogP contribution is -2.26. The summed E-state index contributed by atoms with van der Waals surface area (Å²) >= 11 is 1.24. The third-order valence-electron chi connectivity index (χ3n) is 5.00. The first-order valence-electron chi connectivity index (χ1n) is 9.89. The van der Waals surface area contributed by atoms with Crippen LogP contribution in [0.25, 0.3) is 11.0 Å². The number of fused-ring (bicyclic) bond motifs is 1. The van der Waals surface area contributed by atoms with Gasteiger partial charge < -0.3 is 5.32 Å². The van der Waals surface area contributed by atoms with E-state index >= 15 is 0 Å². The number of nitrogens with one attached hydrogen (secondary N) is 1. The fraction of sp³-hybridized carbons (Fsp3) is 0.217. The molecule has 0 radical (unpaired) electrons. The SMILES string of the molecule is Cc1ccc(C)c(NC(=O)CSc2nc3cnn(C)c3c(=O)n2Cc2ccccc2)c1. The number of aryl methyl sites for hydroxylation is 3. The van der Waals surface area contributed by atoms with E-state index in [9.17, 15) is 9.59 Å². The molecule has 0 aliphatic rings. The fourth-order valence-electron chi connectivity index (χ4n) is 3.34. The highest BCUT2D eigenvalue weighted by atomic mass is 32.2. The Labute approximate surface area is 184 Å². The van der Waals surface area contributed by atoms with Crippen molar-refractivity contribution in [2.45, 2.75) is 25.5 Å². The first-order chi connectivity index (χ1) is 14.9. The van der Waals surface area contributed by atoms with Crippen LogP contribution in [0, 0.1) is 13.8 Å². The maximum absolute atomic E-state index is 13.2. The highest BCUT2D eigenvalue weighted by Gasteiger charge is 2.16. The molecule has 0 bridgehead atoms. The van der Waals surface area contributed by atoms with Crippen LogP contribution < -0.4 is 10.9 Å². The van der Waals surface area contributed by atoms with Gasteiger partial charge in [-0.05, 0) is 36.6 Å². The van der Waals surface area contributed by atoms with Gasteiger partial charge in [-0.15, -0.1) is 0 Å². The minimum Gasteiger partial charge on any atom is -0.325 e. The van der Waals surface area contributed by atoms with Gasteiger partial charge in [0, 0.05) is 12.7 Å². The zero-order chi connectivity index (χ0) is 22.0. The summed E-state index contributed by atoms with van der Waals surface area (Å²) in [6.45, 7) is 4.31. The number of carbonyl (C=O) groups is 1. The van der Waals surface area contributed by atoms with Crippen molar-refractivity contribution in [1.82, 2.24) is 19.3 Å². The van der Waals surface area contributed by atoms with Crippen molar-refractivity contribution in [3.05, 3.63) is 81.8 Å². The van der Waals surface area contributed by atoms with E-state index in [0.29, 0.717) is 22.7 Å². The fourth-order valence-corrected chi connectivity index (χ4v) is 4.13. The average molecular weight is 434 g/mol. The number of hydrogen-bond donors (Lipinski definition) is 1. The Kier molecular flexibility index (Phi) is 5.90. The van der Waals surface area contributed by atoms with Crippen LogP contribution in [-0.4, -0.2) is 31.0 Å². The average Bonchev–Trinajstić information content (AvgIpc) is 3.13. The monoisotopic (exact) mass is 433 g/mol. The van der Waals surface area contributed by atoms with Crippen LogP contribution in [-0.2, 0) is 18.4 Å². The molecule has 1 amide bonds. The normalized spacial score (nSPS) is 11.1. The second-order valence-corrected chi connectivity index (χ2v) is 8.37. The predicted molar refractivity (Wildman–Crippen MR) is 124 cm³/mol. The van der Waals surface area contributed by atoms with Crippen LogP contribution in [0.1, 0.15) is 16.7 Å². The van der Waals surface area contributed by atoms with Gasteiger partial charge in [-0.25, -0.2) is 4.98 Å². The molecule has 0 fully saturated rings. The summed E-state index contributed by atoms with van der Waals surface area (Å²) < 4.78 is 3.14. The third-order valence-corrected chi connectivity index (χ3v) is 5.97. The van der Waals surface area contributed by atoms with E-state index in [1.807, 2.05) is 62.4 Å². The lowest BCUT2D eigenvalue weighted by molar-refractivity contribution is -0.113. The number of benzene rings is 2. The van der Waals surface area contributed by atoms with E-state index in [1.54, 1.807) is 17.8 Å². The molecule has 0 aliphatic heterocycles. The first-order valence-corrected chi connectivity index (χ1v) is 10.9. The Morgan fingerprint density at radius 3 is 2.68 bits per heavy atom. The van der Waals surface area contributed by atoms with Crippen molar-refractivity contribution in [2.24, 2.45) is 7.05 Å². The van der Waals surface area contributed by atoms with Gasteiger partial charge in [0.05, 0.1) is 18.5 Å². The summed E-state index contributed by atoms with van der Waals surface area (Å²) in [7, 11) is 1.72. The molecule has 4 aromatic rings. The van der Waals surface area contributed by atoms with E-state index in [4.69, 9.17) is 0 Å². The Balaban J connectivity index is 1.61. The van der Waals surface area contributed by atoms with E-state index < -0.39 is 0 Å². The van der Waals surface area contributed by atoms with Gasteiger partial charge in [0.2, 0.25) is 5.91 Å². The highest BCUT2D eigenvalue weighted by molar-refractivity contribution is 7.99. The van der Waals surface area contributed by atoms with Gasteiger partial charge in [-0.2, -0.15) is 5.10 Å².